The molecule has 0 bridgehead atoms. The molecule has 10 nitrogen and oxygen atoms in total. The Hall–Kier alpha value is -6.55. The molecule has 0 aliphatic carbocycles. The van der Waals surface area contributed by atoms with E-state index in [-0.39, 0.29) is 34.9 Å². The summed E-state index contributed by atoms with van der Waals surface area (Å²) in [5.74, 6) is -5.64. The molecule has 5 aromatic rings. The van der Waals surface area contributed by atoms with Crippen molar-refractivity contribution in [2.45, 2.75) is 19.8 Å². The summed E-state index contributed by atoms with van der Waals surface area (Å²) < 4.78 is 0. The van der Waals surface area contributed by atoms with Gasteiger partial charge < -0.3 is 26.6 Å². The third-order valence-electron chi connectivity index (χ3n) is 8.22. The molecule has 5 N–H and O–H groups in total. The second kappa shape index (κ2) is 16.0. The highest BCUT2D eigenvalue weighted by atomic mass is 16.2. The third kappa shape index (κ3) is 7.29. The van der Waals surface area contributed by atoms with Crippen LogP contribution in [0.2, 0.25) is 0 Å². The first-order valence-corrected chi connectivity index (χ1v) is 16.1. The molecule has 252 valence electrons. The Morgan fingerprint density at radius 1 is 0.380 bits per heavy atom. The number of anilines is 5. The number of carbonyl (C=O) groups excluding carboxylic acids is 5. The molecule has 0 unspecified atom stereocenters. The average molecular weight is 668 g/mol. The van der Waals surface area contributed by atoms with Gasteiger partial charge in [-0.3, -0.25) is 24.0 Å². The first-order valence-electron chi connectivity index (χ1n) is 16.1. The number of nitrogens with one attached hydrogen (secondary N) is 5. The van der Waals surface area contributed by atoms with Crippen LogP contribution in [0.3, 0.4) is 0 Å². The summed E-state index contributed by atoms with van der Waals surface area (Å²) >= 11 is 0. The summed E-state index contributed by atoms with van der Waals surface area (Å²) in [4.78, 5) is 75.5. The van der Waals surface area contributed by atoms with Gasteiger partial charge in [-0.2, -0.15) is 0 Å². The molecule has 50 heavy (non-hydrogen) atoms. The van der Waals surface area contributed by atoms with Gasteiger partial charge in [0.05, 0.1) is 0 Å². The van der Waals surface area contributed by atoms with E-state index in [0.717, 1.165) is 0 Å². The molecule has 0 atom stereocenters. The Kier molecular flexibility index (Phi) is 11.1. The van der Waals surface area contributed by atoms with Gasteiger partial charge in [-0.1, -0.05) is 104 Å². The highest BCUT2D eigenvalue weighted by Crippen LogP contribution is 2.48. The van der Waals surface area contributed by atoms with E-state index in [0.29, 0.717) is 0 Å². The van der Waals surface area contributed by atoms with Crippen molar-refractivity contribution >= 4 is 58.0 Å². The van der Waals surface area contributed by atoms with Crippen LogP contribution in [0.25, 0.3) is 0 Å². The van der Waals surface area contributed by atoms with Crippen molar-refractivity contribution in [3.8, 4) is 0 Å². The molecule has 0 spiro atoms. The monoisotopic (exact) mass is 667 g/mol. The molecule has 0 aromatic heterocycles. The van der Waals surface area contributed by atoms with Crippen molar-refractivity contribution in [1.82, 2.24) is 0 Å². The maximum absolute atomic E-state index is 15.1. The molecule has 0 saturated heterocycles. The summed E-state index contributed by atoms with van der Waals surface area (Å²) in [6.45, 7) is 1.70. The van der Waals surface area contributed by atoms with E-state index < -0.39 is 46.8 Å². The second-order valence-electron chi connectivity index (χ2n) is 11.5. The normalized spacial score (nSPS) is 11.1. The molecule has 10 heteroatoms. The number of rotatable bonds is 13. The summed E-state index contributed by atoms with van der Waals surface area (Å²) in [6, 6.07) is 41.2. The second-order valence-corrected chi connectivity index (χ2v) is 11.5. The Morgan fingerprint density at radius 2 is 0.600 bits per heavy atom. The van der Waals surface area contributed by atoms with Crippen LogP contribution in [0.15, 0.2) is 152 Å². The molecular formula is C40H37N5O5. The maximum Gasteiger partial charge on any atom is 0.251 e. The van der Waals surface area contributed by atoms with E-state index in [1.54, 1.807) is 159 Å². The number of hydrogen-bond donors (Lipinski definition) is 5. The molecule has 5 aromatic carbocycles. The number of carbonyl (C=O) groups is 5. The van der Waals surface area contributed by atoms with Crippen molar-refractivity contribution in [1.29, 1.82) is 0 Å². The summed E-state index contributed by atoms with van der Waals surface area (Å²) in [5.41, 5.74) is -4.48. The standard InChI is InChI=1S/C40H37N5O5/c1-2-28-39(34(46)41-29-18-8-3-9-19-29,35(47)42-30-20-10-4-11-21-30)40(36(48)43-31-22-12-5-13-23-31,37(49)44-32-24-14-6-15-25-32)38(50)45-33-26-16-7-17-27-33/h3-27H,2,28H2,1H3,(H,41,46)(H,42,47)(H,43,48)(H,44,49)(H,45,50). The highest BCUT2D eigenvalue weighted by molar-refractivity contribution is 6.38. The fraction of sp³-hybridized carbons (Fsp3) is 0.125. The van der Waals surface area contributed by atoms with Gasteiger partial charge in [0.1, 0.15) is 0 Å². The van der Waals surface area contributed by atoms with Crippen LogP contribution in [0, 0.1) is 10.8 Å². The average Bonchev–Trinajstić information content (AvgIpc) is 3.13. The van der Waals surface area contributed by atoms with Gasteiger partial charge in [0.2, 0.25) is 17.2 Å². The van der Waals surface area contributed by atoms with Crippen LogP contribution < -0.4 is 26.6 Å². The van der Waals surface area contributed by atoms with E-state index in [4.69, 9.17) is 0 Å². The van der Waals surface area contributed by atoms with E-state index in [9.17, 15) is 0 Å². The molecule has 0 fully saturated rings. The van der Waals surface area contributed by atoms with Crippen LogP contribution in [0.5, 0.6) is 0 Å². The van der Waals surface area contributed by atoms with Crippen LogP contribution in [-0.4, -0.2) is 29.5 Å². The topological polar surface area (TPSA) is 146 Å². The molecule has 0 aliphatic rings. The predicted octanol–water partition coefficient (Wildman–Crippen LogP) is 6.95. The minimum Gasteiger partial charge on any atom is -0.325 e. The van der Waals surface area contributed by atoms with Crippen molar-refractivity contribution in [3.63, 3.8) is 0 Å². The van der Waals surface area contributed by atoms with Gasteiger partial charge in [0.15, 0.2) is 5.41 Å². The van der Waals surface area contributed by atoms with Gasteiger partial charge in [0.25, 0.3) is 17.7 Å². The van der Waals surface area contributed by atoms with Crippen LogP contribution in [0.4, 0.5) is 28.4 Å². The minimum absolute atomic E-state index is 0.113. The van der Waals surface area contributed by atoms with E-state index in [2.05, 4.69) is 26.6 Å². The zero-order valence-electron chi connectivity index (χ0n) is 27.4. The lowest BCUT2D eigenvalue weighted by atomic mass is 9.57. The Morgan fingerprint density at radius 3 is 0.820 bits per heavy atom. The van der Waals surface area contributed by atoms with Gasteiger partial charge in [-0.15, -0.1) is 0 Å². The number of para-hydroxylation sites is 5. The Bertz CT molecular complexity index is 1740. The minimum atomic E-state index is -3.07. The SMILES string of the molecule is CCCC(C(=O)Nc1ccccc1)(C(=O)Nc1ccccc1)C(C(=O)Nc1ccccc1)(C(=O)Nc1ccccc1)C(=O)Nc1ccccc1. The predicted molar refractivity (Wildman–Crippen MR) is 195 cm³/mol. The van der Waals surface area contributed by atoms with Crippen LogP contribution in [-0.2, 0) is 24.0 Å². The first kappa shape index (κ1) is 34.8. The first-order chi connectivity index (χ1) is 24.3. The zero-order chi connectivity index (χ0) is 35.4. The Labute approximate surface area is 290 Å². The van der Waals surface area contributed by atoms with Crippen molar-refractivity contribution in [3.05, 3.63) is 152 Å². The quantitative estimate of drug-likeness (QED) is 0.0863. The van der Waals surface area contributed by atoms with Gasteiger partial charge in [0, 0.05) is 28.4 Å². The summed E-state index contributed by atoms with van der Waals surface area (Å²) in [7, 11) is 0. The van der Waals surface area contributed by atoms with Gasteiger partial charge >= 0.3 is 0 Å². The van der Waals surface area contributed by atoms with E-state index in [1.807, 2.05) is 0 Å². The fourth-order valence-corrected chi connectivity index (χ4v) is 5.88. The smallest absolute Gasteiger partial charge is 0.251 e. The van der Waals surface area contributed by atoms with Crippen molar-refractivity contribution in [2.75, 3.05) is 26.6 Å². The van der Waals surface area contributed by atoms with E-state index >= 15 is 24.0 Å². The lowest BCUT2D eigenvalue weighted by Gasteiger charge is -2.44. The maximum atomic E-state index is 15.1. The molecule has 0 radical (unpaired) electrons. The number of amides is 5. The van der Waals surface area contributed by atoms with Crippen LogP contribution >= 0.6 is 0 Å². The lowest BCUT2D eigenvalue weighted by Crippen LogP contribution is -2.70. The van der Waals surface area contributed by atoms with E-state index in [1.165, 1.54) is 0 Å². The third-order valence-corrected chi connectivity index (χ3v) is 8.22. The number of benzene rings is 5. The molecule has 0 saturated carbocycles. The number of hydrogen-bond acceptors (Lipinski definition) is 5. The lowest BCUT2D eigenvalue weighted by molar-refractivity contribution is -0.166. The van der Waals surface area contributed by atoms with Crippen LogP contribution in [0.1, 0.15) is 19.8 Å². The molecule has 5 rings (SSSR count). The van der Waals surface area contributed by atoms with Crippen molar-refractivity contribution in [2.24, 2.45) is 10.8 Å². The molecule has 0 aliphatic heterocycles. The van der Waals surface area contributed by atoms with Gasteiger partial charge in [-0.05, 0) is 67.1 Å². The summed E-state index contributed by atoms with van der Waals surface area (Å²) in [5, 5.41) is 13.6. The van der Waals surface area contributed by atoms with Crippen molar-refractivity contribution < 1.29 is 24.0 Å². The largest absolute Gasteiger partial charge is 0.325 e. The molecule has 0 heterocycles. The highest BCUT2D eigenvalue weighted by Gasteiger charge is 2.73. The fourth-order valence-electron chi connectivity index (χ4n) is 5.88. The van der Waals surface area contributed by atoms with Gasteiger partial charge in [-0.25, -0.2) is 0 Å². The molecule has 5 amide bonds. The summed E-state index contributed by atoms with van der Waals surface area (Å²) in [6.07, 6.45) is -0.279. The Balaban J connectivity index is 1.83. The zero-order valence-corrected chi connectivity index (χ0v) is 27.4. The molecular weight excluding hydrogens is 630 g/mol.